The van der Waals surface area contributed by atoms with Crippen LogP contribution < -0.4 is 0 Å². The van der Waals surface area contributed by atoms with Crippen LogP contribution >= 0.6 is 0 Å². The molecule has 0 fully saturated rings. The van der Waals surface area contributed by atoms with Gasteiger partial charge < -0.3 is 4.48 Å². The smallest absolute Gasteiger partial charge is 0.104 e. The van der Waals surface area contributed by atoms with Gasteiger partial charge in [0.15, 0.2) is 0 Å². The minimum atomic E-state index is 0.961. The first kappa shape index (κ1) is 13.8. The lowest BCUT2D eigenvalue weighted by Gasteiger charge is -2.30. The maximum atomic E-state index is 2.32. The summed E-state index contributed by atoms with van der Waals surface area (Å²) in [5, 5.41) is 2.64. The molecule has 0 radical (unpaired) electrons. The van der Waals surface area contributed by atoms with Gasteiger partial charge in [-0.15, -0.1) is 0 Å². The first-order valence-corrected chi connectivity index (χ1v) is 7.46. The van der Waals surface area contributed by atoms with E-state index in [0.29, 0.717) is 0 Å². The van der Waals surface area contributed by atoms with Crippen molar-refractivity contribution >= 4 is 10.8 Å². The molecule has 3 aromatic carbocycles. The summed E-state index contributed by atoms with van der Waals surface area (Å²) in [6.07, 6.45) is 0. The van der Waals surface area contributed by atoms with Crippen molar-refractivity contribution in [1.82, 2.24) is 0 Å². The van der Waals surface area contributed by atoms with Crippen molar-refractivity contribution in [2.24, 2.45) is 0 Å². The van der Waals surface area contributed by atoms with E-state index >= 15 is 0 Å². The Labute approximate surface area is 127 Å². The molecule has 21 heavy (non-hydrogen) atoms. The predicted molar refractivity (Wildman–Crippen MR) is 89.9 cm³/mol. The van der Waals surface area contributed by atoms with Gasteiger partial charge in [-0.25, -0.2) is 0 Å². The SMILES string of the molecule is C[N+](C)(Cc1ccccc1)Cc1ccc2ccccc2c1. The molecule has 0 amide bonds. The van der Waals surface area contributed by atoms with Crippen molar-refractivity contribution in [3.05, 3.63) is 83.9 Å². The van der Waals surface area contributed by atoms with Crippen molar-refractivity contribution in [2.45, 2.75) is 13.1 Å². The van der Waals surface area contributed by atoms with E-state index in [1.807, 2.05) is 0 Å². The minimum Gasteiger partial charge on any atom is -0.321 e. The predicted octanol–water partition coefficient (Wildman–Crippen LogP) is 4.62. The van der Waals surface area contributed by atoms with Crippen molar-refractivity contribution < 1.29 is 4.48 Å². The lowest BCUT2D eigenvalue weighted by atomic mass is 10.1. The van der Waals surface area contributed by atoms with Gasteiger partial charge in [-0.05, 0) is 16.8 Å². The second kappa shape index (κ2) is 5.71. The standard InChI is InChI=1S/C20H22N/c1-21(2,15-17-8-4-3-5-9-17)16-18-12-13-19-10-6-7-11-20(19)14-18/h3-14H,15-16H2,1-2H3/q+1. The molecule has 0 aromatic heterocycles. The average molecular weight is 276 g/mol. The van der Waals surface area contributed by atoms with E-state index < -0.39 is 0 Å². The van der Waals surface area contributed by atoms with Gasteiger partial charge >= 0.3 is 0 Å². The molecular formula is C20H22N+. The zero-order chi connectivity index (χ0) is 14.7. The highest BCUT2D eigenvalue weighted by molar-refractivity contribution is 5.82. The van der Waals surface area contributed by atoms with Crippen molar-refractivity contribution in [3.63, 3.8) is 0 Å². The fourth-order valence-electron chi connectivity index (χ4n) is 2.96. The van der Waals surface area contributed by atoms with E-state index in [-0.39, 0.29) is 0 Å². The van der Waals surface area contributed by atoms with Gasteiger partial charge in [0, 0.05) is 11.1 Å². The summed E-state index contributed by atoms with van der Waals surface area (Å²) in [6, 6.07) is 26.1. The van der Waals surface area contributed by atoms with Crippen LogP contribution in [0.5, 0.6) is 0 Å². The Kier molecular flexibility index (Phi) is 3.76. The molecule has 0 saturated carbocycles. The Morgan fingerprint density at radius 3 is 2.00 bits per heavy atom. The second-order valence-electron chi connectivity index (χ2n) is 6.42. The molecule has 0 spiro atoms. The topological polar surface area (TPSA) is 0 Å². The molecule has 0 N–H and O–H groups in total. The molecule has 0 bridgehead atoms. The summed E-state index contributed by atoms with van der Waals surface area (Å²) in [6.45, 7) is 2.09. The van der Waals surface area contributed by atoms with Gasteiger partial charge in [0.2, 0.25) is 0 Å². The number of nitrogens with zero attached hydrogens (tertiary/aromatic N) is 1. The molecule has 0 heterocycles. The fraction of sp³-hybridized carbons (Fsp3) is 0.200. The highest BCUT2D eigenvalue weighted by Gasteiger charge is 2.16. The highest BCUT2D eigenvalue weighted by atomic mass is 15.3. The summed E-state index contributed by atoms with van der Waals surface area (Å²) in [5.41, 5.74) is 2.79. The molecular weight excluding hydrogens is 254 g/mol. The molecule has 1 heteroatoms. The number of fused-ring (bicyclic) bond motifs is 1. The number of quaternary nitrogens is 1. The van der Waals surface area contributed by atoms with Gasteiger partial charge in [-0.3, -0.25) is 0 Å². The Bertz CT molecular complexity index is 729. The summed E-state index contributed by atoms with van der Waals surface area (Å²) in [4.78, 5) is 0. The van der Waals surface area contributed by atoms with Crippen molar-refractivity contribution in [3.8, 4) is 0 Å². The average Bonchev–Trinajstić information content (AvgIpc) is 2.47. The van der Waals surface area contributed by atoms with E-state index in [9.17, 15) is 0 Å². The van der Waals surface area contributed by atoms with E-state index in [1.54, 1.807) is 0 Å². The van der Waals surface area contributed by atoms with Crippen LogP contribution in [0.1, 0.15) is 11.1 Å². The number of benzene rings is 3. The molecule has 0 aliphatic rings. The molecule has 0 aliphatic carbocycles. The zero-order valence-electron chi connectivity index (χ0n) is 12.8. The van der Waals surface area contributed by atoms with Crippen LogP contribution in [0.2, 0.25) is 0 Å². The summed E-state index contributed by atoms with van der Waals surface area (Å²) in [7, 11) is 4.59. The van der Waals surface area contributed by atoms with Gasteiger partial charge in [0.25, 0.3) is 0 Å². The summed E-state index contributed by atoms with van der Waals surface area (Å²) in [5.74, 6) is 0. The Balaban J connectivity index is 1.80. The van der Waals surface area contributed by atoms with Crippen LogP contribution in [0, 0.1) is 0 Å². The maximum Gasteiger partial charge on any atom is 0.104 e. The van der Waals surface area contributed by atoms with E-state index in [0.717, 1.165) is 17.6 Å². The Morgan fingerprint density at radius 1 is 0.619 bits per heavy atom. The normalized spacial score (nSPS) is 11.7. The molecule has 1 nitrogen and oxygen atoms in total. The zero-order valence-corrected chi connectivity index (χ0v) is 12.8. The third kappa shape index (κ3) is 3.50. The number of rotatable bonds is 4. The lowest BCUT2D eigenvalue weighted by molar-refractivity contribution is -0.916. The monoisotopic (exact) mass is 276 g/mol. The Morgan fingerprint density at radius 2 is 1.24 bits per heavy atom. The third-order valence-corrected chi connectivity index (χ3v) is 3.88. The fourth-order valence-corrected chi connectivity index (χ4v) is 2.96. The van der Waals surface area contributed by atoms with Crippen LogP contribution in [0.4, 0.5) is 0 Å². The molecule has 0 aliphatic heterocycles. The van der Waals surface area contributed by atoms with Gasteiger partial charge in [-0.2, -0.15) is 0 Å². The van der Waals surface area contributed by atoms with Gasteiger partial charge in [0.1, 0.15) is 13.1 Å². The van der Waals surface area contributed by atoms with E-state index in [1.165, 1.54) is 21.9 Å². The number of hydrogen-bond acceptors (Lipinski definition) is 0. The van der Waals surface area contributed by atoms with Gasteiger partial charge in [-0.1, -0.05) is 66.7 Å². The molecule has 0 saturated heterocycles. The molecule has 3 aromatic rings. The number of hydrogen-bond donors (Lipinski definition) is 0. The van der Waals surface area contributed by atoms with E-state index in [4.69, 9.17) is 0 Å². The Hall–Kier alpha value is -2.12. The van der Waals surface area contributed by atoms with Crippen LogP contribution in [0.15, 0.2) is 72.8 Å². The summed E-state index contributed by atoms with van der Waals surface area (Å²) >= 11 is 0. The minimum absolute atomic E-state index is 0.961. The molecule has 0 unspecified atom stereocenters. The van der Waals surface area contributed by atoms with Crippen LogP contribution in [0.3, 0.4) is 0 Å². The van der Waals surface area contributed by atoms with E-state index in [2.05, 4.69) is 86.9 Å². The van der Waals surface area contributed by atoms with Crippen LogP contribution in [0.25, 0.3) is 10.8 Å². The van der Waals surface area contributed by atoms with Crippen LogP contribution in [-0.4, -0.2) is 18.6 Å². The molecule has 106 valence electrons. The maximum absolute atomic E-state index is 2.32. The van der Waals surface area contributed by atoms with Crippen molar-refractivity contribution in [2.75, 3.05) is 14.1 Å². The third-order valence-electron chi connectivity index (χ3n) is 3.88. The lowest BCUT2D eigenvalue weighted by Crippen LogP contribution is -2.37. The first-order valence-electron chi connectivity index (χ1n) is 7.46. The highest BCUT2D eigenvalue weighted by Crippen LogP contribution is 2.19. The first-order chi connectivity index (χ1) is 10.1. The van der Waals surface area contributed by atoms with Crippen LogP contribution in [-0.2, 0) is 13.1 Å². The molecule has 0 atom stereocenters. The van der Waals surface area contributed by atoms with Crippen molar-refractivity contribution in [1.29, 1.82) is 0 Å². The second-order valence-corrected chi connectivity index (χ2v) is 6.42. The molecule has 3 rings (SSSR count). The summed E-state index contributed by atoms with van der Waals surface area (Å²) < 4.78 is 0.961. The largest absolute Gasteiger partial charge is 0.321 e. The van der Waals surface area contributed by atoms with Gasteiger partial charge in [0.05, 0.1) is 14.1 Å². The quantitative estimate of drug-likeness (QED) is 0.610.